The van der Waals surface area contributed by atoms with Crippen LogP contribution in [-0.4, -0.2) is 29.8 Å². The zero-order chi connectivity index (χ0) is 18.1. The van der Waals surface area contributed by atoms with Crippen molar-refractivity contribution in [2.75, 3.05) is 24.6 Å². The van der Waals surface area contributed by atoms with Gasteiger partial charge >= 0.3 is 0 Å². The van der Waals surface area contributed by atoms with E-state index < -0.39 is 17.0 Å². The number of rotatable bonds is 4. The standard InChI is InChI=1S/C20H20F2N2OS/c21-15-7-6-14(16(22)10-15)11-20(13-25)8-3-9-24(12-20)19-23-17-4-1-2-5-18(17)26-19/h1-2,4-7,10,25H,3,8-9,11-13H2. The van der Waals surface area contributed by atoms with E-state index in [4.69, 9.17) is 4.98 Å². The number of fused-ring (bicyclic) bond motifs is 1. The predicted octanol–water partition coefficient (Wildman–Crippen LogP) is 4.40. The summed E-state index contributed by atoms with van der Waals surface area (Å²) < 4.78 is 28.4. The summed E-state index contributed by atoms with van der Waals surface area (Å²) in [4.78, 5) is 6.90. The van der Waals surface area contributed by atoms with Gasteiger partial charge in [-0.25, -0.2) is 13.8 Å². The Hall–Kier alpha value is -2.05. The second kappa shape index (κ2) is 6.93. The molecule has 4 rings (SSSR count). The molecule has 1 fully saturated rings. The van der Waals surface area contributed by atoms with Crippen molar-refractivity contribution in [3.63, 3.8) is 0 Å². The summed E-state index contributed by atoms with van der Waals surface area (Å²) in [6.07, 6.45) is 2.10. The Labute approximate surface area is 154 Å². The Morgan fingerprint density at radius 3 is 2.81 bits per heavy atom. The van der Waals surface area contributed by atoms with Crippen LogP contribution in [0.1, 0.15) is 18.4 Å². The van der Waals surface area contributed by atoms with Gasteiger partial charge in [-0.2, -0.15) is 0 Å². The molecule has 3 aromatic rings. The number of piperidine rings is 1. The Morgan fingerprint density at radius 2 is 2.04 bits per heavy atom. The van der Waals surface area contributed by atoms with Gasteiger partial charge < -0.3 is 10.0 Å². The van der Waals surface area contributed by atoms with Crippen LogP contribution in [0.5, 0.6) is 0 Å². The van der Waals surface area contributed by atoms with Gasteiger partial charge in [-0.3, -0.25) is 0 Å². The van der Waals surface area contributed by atoms with Gasteiger partial charge in [-0.15, -0.1) is 0 Å². The van der Waals surface area contributed by atoms with Crippen molar-refractivity contribution in [1.82, 2.24) is 4.98 Å². The van der Waals surface area contributed by atoms with E-state index in [1.165, 1.54) is 12.1 Å². The third kappa shape index (κ3) is 3.31. The molecule has 2 aromatic carbocycles. The average Bonchev–Trinajstić information content (AvgIpc) is 3.09. The smallest absolute Gasteiger partial charge is 0.186 e. The first-order chi connectivity index (χ1) is 12.6. The molecule has 1 saturated heterocycles. The van der Waals surface area contributed by atoms with Crippen LogP contribution >= 0.6 is 11.3 Å². The van der Waals surface area contributed by atoms with Crippen molar-refractivity contribution < 1.29 is 13.9 Å². The number of benzene rings is 2. The molecule has 6 heteroatoms. The zero-order valence-corrected chi connectivity index (χ0v) is 15.1. The third-order valence-electron chi connectivity index (χ3n) is 5.13. The summed E-state index contributed by atoms with van der Waals surface area (Å²) in [7, 11) is 0. The van der Waals surface area contributed by atoms with E-state index >= 15 is 0 Å². The van der Waals surface area contributed by atoms with E-state index in [-0.39, 0.29) is 6.61 Å². The highest BCUT2D eigenvalue weighted by Gasteiger charge is 2.36. The number of aliphatic hydroxyl groups is 1. The molecule has 0 spiro atoms. The number of hydrogen-bond acceptors (Lipinski definition) is 4. The van der Waals surface area contributed by atoms with E-state index in [0.29, 0.717) is 18.5 Å². The quantitative estimate of drug-likeness (QED) is 0.736. The van der Waals surface area contributed by atoms with Crippen LogP contribution in [-0.2, 0) is 6.42 Å². The second-order valence-corrected chi connectivity index (χ2v) is 8.07. The van der Waals surface area contributed by atoms with E-state index in [9.17, 15) is 13.9 Å². The van der Waals surface area contributed by atoms with Gasteiger partial charge in [0.2, 0.25) is 0 Å². The summed E-state index contributed by atoms with van der Waals surface area (Å²) in [5.74, 6) is -1.13. The fourth-order valence-electron chi connectivity index (χ4n) is 3.76. The minimum absolute atomic E-state index is 0.0365. The Balaban J connectivity index is 1.60. The van der Waals surface area contributed by atoms with Gasteiger partial charge in [0.15, 0.2) is 5.13 Å². The second-order valence-electron chi connectivity index (χ2n) is 7.06. The van der Waals surface area contributed by atoms with Gasteiger partial charge in [-0.05, 0) is 43.0 Å². The normalized spacial score (nSPS) is 20.7. The van der Waals surface area contributed by atoms with Gasteiger partial charge in [0, 0.05) is 24.6 Å². The predicted molar refractivity (Wildman–Crippen MR) is 101 cm³/mol. The number of thiazole rings is 1. The maximum Gasteiger partial charge on any atom is 0.186 e. The van der Waals surface area contributed by atoms with E-state index in [2.05, 4.69) is 4.90 Å². The number of halogens is 2. The summed E-state index contributed by atoms with van der Waals surface area (Å²) in [6, 6.07) is 11.7. The summed E-state index contributed by atoms with van der Waals surface area (Å²) >= 11 is 1.64. The van der Waals surface area contributed by atoms with Crippen LogP contribution in [0.3, 0.4) is 0 Å². The minimum Gasteiger partial charge on any atom is -0.396 e. The van der Waals surface area contributed by atoms with Gasteiger partial charge in [0.1, 0.15) is 11.6 Å². The molecule has 1 atom stereocenters. The third-order valence-corrected chi connectivity index (χ3v) is 6.23. The maximum absolute atomic E-state index is 14.1. The molecular formula is C20H20F2N2OS. The molecule has 1 N–H and O–H groups in total. The molecule has 0 saturated carbocycles. The highest BCUT2D eigenvalue weighted by atomic mass is 32.1. The molecule has 0 aliphatic carbocycles. The average molecular weight is 374 g/mol. The molecule has 26 heavy (non-hydrogen) atoms. The van der Waals surface area contributed by atoms with Crippen molar-refractivity contribution in [3.05, 3.63) is 59.7 Å². The number of aromatic nitrogens is 1. The molecule has 0 bridgehead atoms. The lowest BCUT2D eigenvalue weighted by Crippen LogP contribution is -2.47. The Kier molecular flexibility index (Phi) is 4.63. The molecule has 2 heterocycles. The molecule has 3 nitrogen and oxygen atoms in total. The highest BCUT2D eigenvalue weighted by molar-refractivity contribution is 7.22. The lowest BCUT2D eigenvalue weighted by molar-refractivity contribution is 0.104. The topological polar surface area (TPSA) is 36.4 Å². The van der Waals surface area contributed by atoms with Crippen molar-refractivity contribution in [1.29, 1.82) is 0 Å². The minimum atomic E-state index is -0.580. The summed E-state index contributed by atoms with van der Waals surface area (Å²) in [6.45, 7) is 1.44. The largest absolute Gasteiger partial charge is 0.396 e. The fourth-order valence-corrected chi connectivity index (χ4v) is 4.76. The summed E-state index contributed by atoms with van der Waals surface area (Å²) in [5.41, 5.74) is 0.971. The van der Waals surface area contributed by atoms with Crippen LogP contribution in [0, 0.1) is 17.0 Å². The van der Waals surface area contributed by atoms with Crippen molar-refractivity contribution in [3.8, 4) is 0 Å². The molecule has 1 aliphatic rings. The number of para-hydroxylation sites is 1. The van der Waals surface area contributed by atoms with Crippen LogP contribution in [0.4, 0.5) is 13.9 Å². The first-order valence-electron chi connectivity index (χ1n) is 8.74. The van der Waals surface area contributed by atoms with E-state index in [0.717, 1.165) is 40.8 Å². The zero-order valence-electron chi connectivity index (χ0n) is 14.3. The van der Waals surface area contributed by atoms with Gasteiger partial charge in [0.25, 0.3) is 0 Å². The first kappa shape index (κ1) is 17.4. The number of nitrogens with zero attached hydrogens (tertiary/aromatic N) is 2. The maximum atomic E-state index is 14.1. The van der Waals surface area contributed by atoms with Crippen molar-refractivity contribution >= 4 is 26.7 Å². The monoisotopic (exact) mass is 374 g/mol. The number of anilines is 1. The molecule has 136 valence electrons. The van der Waals surface area contributed by atoms with Crippen LogP contribution in [0.15, 0.2) is 42.5 Å². The Bertz CT molecular complexity index is 896. The SMILES string of the molecule is OCC1(Cc2ccc(F)cc2F)CCCN(c2nc3ccccc3s2)C1. The Morgan fingerprint density at radius 1 is 1.19 bits per heavy atom. The van der Waals surface area contributed by atoms with Crippen LogP contribution in [0.2, 0.25) is 0 Å². The van der Waals surface area contributed by atoms with Crippen molar-refractivity contribution in [2.45, 2.75) is 19.3 Å². The summed E-state index contributed by atoms with van der Waals surface area (Å²) in [5, 5.41) is 11.0. The van der Waals surface area contributed by atoms with Gasteiger partial charge in [-0.1, -0.05) is 29.5 Å². The highest BCUT2D eigenvalue weighted by Crippen LogP contribution is 2.38. The van der Waals surface area contributed by atoms with Gasteiger partial charge in [0.05, 0.1) is 16.8 Å². The number of aliphatic hydroxyl groups excluding tert-OH is 1. The molecule has 1 unspecified atom stereocenters. The molecule has 1 aromatic heterocycles. The van der Waals surface area contributed by atoms with Crippen molar-refractivity contribution in [2.24, 2.45) is 5.41 Å². The van der Waals surface area contributed by atoms with Crippen LogP contribution in [0.25, 0.3) is 10.2 Å². The number of hydrogen-bond donors (Lipinski definition) is 1. The molecule has 0 radical (unpaired) electrons. The first-order valence-corrected chi connectivity index (χ1v) is 9.56. The van der Waals surface area contributed by atoms with E-state index in [1.54, 1.807) is 11.3 Å². The molecule has 0 amide bonds. The molecular weight excluding hydrogens is 354 g/mol. The lowest BCUT2D eigenvalue weighted by atomic mass is 9.76. The lowest BCUT2D eigenvalue weighted by Gasteiger charge is -2.42. The van der Waals surface area contributed by atoms with E-state index in [1.807, 2.05) is 24.3 Å². The molecule has 1 aliphatic heterocycles. The fraction of sp³-hybridized carbons (Fsp3) is 0.350. The van der Waals surface area contributed by atoms with Crippen LogP contribution < -0.4 is 4.90 Å².